The summed E-state index contributed by atoms with van der Waals surface area (Å²) in [6, 6.07) is 6.42. The molecule has 1 aromatic heterocycles. The molecule has 1 saturated carbocycles. The summed E-state index contributed by atoms with van der Waals surface area (Å²) >= 11 is 6.03. The highest BCUT2D eigenvalue weighted by molar-refractivity contribution is 6.29. The van der Waals surface area contributed by atoms with E-state index in [1.165, 1.54) is 12.1 Å². The highest BCUT2D eigenvalue weighted by Crippen LogP contribution is 2.40. The predicted molar refractivity (Wildman–Crippen MR) is 69.1 cm³/mol. The van der Waals surface area contributed by atoms with E-state index in [2.05, 4.69) is 9.97 Å². The molecule has 1 fully saturated rings. The molecule has 0 bridgehead atoms. The molecule has 0 N–H and O–H groups in total. The molecular formula is C14H12ClFN2. The quantitative estimate of drug-likeness (QED) is 0.761. The van der Waals surface area contributed by atoms with Gasteiger partial charge in [0.2, 0.25) is 0 Å². The first kappa shape index (κ1) is 11.6. The van der Waals surface area contributed by atoms with Gasteiger partial charge in [0, 0.05) is 17.2 Å². The van der Waals surface area contributed by atoms with Crippen molar-refractivity contribution in [3.05, 3.63) is 46.5 Å². The maximum Gasteiger partial charge on any atom is 0.161 e. The van der Waals surface area contributed by atoms with Crippen LogP contribution in [-0.4, -0.2) is 9.97 Å². The molecule has 3 rings (SSSR count). The normalized spacial score (nSPS) is 14.8. The molecule has 1 aliphatic carbocycles. The highest BCUT2D eigenvalue weighted by Gasteiger charge is 2.26. The van der Waals surface area contributed by atoms with Crippen LogP contribution in [0.1, 0.15) is 30.0 Å². The Balaban J connectivity index is 2.10. The molecule has 0 radical (unpaired) electrons. The van der Waals surface area contributed by atoms with Gasteiger partial charge in [0.15, 0.2) is 5.82 Å². The maximum absolute atomic E-state index is 13.1. The molecule has 2 aromatic rings. The molecule has 1 aromatic carbocycles. The Morgan fingerprint density at radius 3 is 2.67 bits per heavy atom. The first-order valence-electron chi connectivity index (χ1n) is 5.94. The summed E-state index contributed by atoms with van der Waals surface area (Å²) in [7, 11) is 0. The molecular weight excluding hydrogens is 251 g/mol. The summed E-state index contributed by atoms with van der Waals surface area (Å²) in [4.78, 5) is 8.77. The molecule has 92 valence electrons. The fourth-order valence-electron chi connectivity index (χ4n) is 2.02. The number of aromatic nitrogens is 2. The molecule has 0 spiro atoms. The minimum atomic E-state index is -0.249. The molecule has 1 heterocycles. The molecule has 18 heavy (non-hydrogen) atoms. The van der Waals surface area contributed by atoms with E-state index in [4.69, 9.17) is 11.6 Å². The van der Waals surface area contributed by atoms with Gasteiger partial charge >= 0.3 is 0 Å². The molecule has 0 aliphatic heterocycles. The molecule has 0 saturated heterocycles. The summed E-state index contributed by atoms with van der Waals surface area (Å²) < 4.78 is 13.1. The van der Waals surface area contributed by atoms with Crippen molar-refractivity contribution in [3.63, 3.8) is 0 Å². The summed E-state index contributed by atoms with van der Waals surface area (Å²) in [5.41, 5.74) is 2.65. The number of hydrogen-bond acceptors (Lipinski definition) is 2. The molecule has 0 atom stereocenters. The minimum absolute atomic E-state index is 0.249. The van der Waals surface area contributed by atoms with E-state index in [-0.39, 0.29) is 5.82 Å². The average Bonchev–Trinajstić information content (AvgIpc) is 3.11. The first-order valence-corrected chi connectivity index (χ1v) is 6.32. The van der Waals surface area contributed by atoms with Gasteiger partial charge in [-0.3, -0.25) is 0 Å². The summed E-state index contributed by atoms with van der Waals surface area (Å²) in [6.45, 7) is 1.85. The predicted octanol–water partition coefficient (Wildman–Crippen LogP) is 4.12. The van der Waals surface area contributed by atoms with Gasteiger partial charge < -0.3 is 0 Å². The van der Waals surface area contributed by atoms with Crippen LogP contribution in [0, 0.1) is 12.7 Å². The number of nitrogens with zero attached hydrogens (tertiary/aromatic N) is 2. The van der Waals surface area contributed by atoms with Gasteiger partial charge in [-0.05, 0) is 49.6 Å². The van der Waals surface area contributed by atoms with E-state index < -0.39 is 0 Å². The zero-order chi connectivity index (χ0) is 12.7. The van der Waals surface area contributed by atoms with Crippen LogP contribution in [0.5, 0.6) is 0 Å². The third-order valence-electron chi connectivity index (χ3n) is 3.14. The van der Waals surface area contributed by atoms with Crippen LogP contribution in [-0.2, 0) is 0 Å². The van der Waals surface area contributed by atoms with E-state index in [0.717, 1.165) is 29.7 Å². The van der Waals surface area contributed by atoms with Crippen LogP contribution in [0.3, 0.4) is 0 Å². The van der Waals surface area contributed by atoms with Crippen molar-refractivity contribution in [3.8, 4) is 11.4 Å². The van der Waals surface area contributed by atoms with Crippen LogP contribution in [0.15, 0.2) is 24.3 Å². The lowest BCUT2D eigenvalue weighted by Crippen LogP contribution is -1.96. The third-order valence-corrected chi connectivity index (χ3v) is 3.33. The summed E-state index contributed by atoms with van der Waals surface area (Å²) in [5.74, 6) is 0.854. The standard InChI is InChI=1S/C14H12ClFN2/c1-8-6-10(16)4-5-11(8)14-17-12(9-2-3-9)7-13(15)18-14/h4-7,9H,2-3H2,1H3. The Labute approximate surface area is 110 Å². The zero-order valence-electron chi connectivity index (χ0n) is 9.95. The second-order valence-electron chi connectivity index (χ2n) is 4.67. The lowest BCUT2D eigenvalue weighted by atomic mass is 10.1. The van der Waals surface area contributed by atoms with Gasteiger partial charge in [-0.15, -0.1) is 0 Å². The van der Waals surface area contributed by atoms with Crippen LogP contribution >= 0.6 is 11.6 Å². The van der Waals surface area contributed by atoms with E-state index in [1.807, 2.05) is 13.0 Å². The minimum Gasteiger partial charge on any atom is -0.233 e. The van der Waals surface area contributed by atoms with Gasteiger partial charge in [0.05, 0.1) is 0 Å². The smallest absolute Gasteiger partial charge is 0.161 e. The maximum atomic E-state index is 13.1. The number of rotatable bonds is 2. The van der Waals surface area contributed by atoms with E-state index in [1.54, 1.807) is 6.07 Å². The molecule has 2 nitrogen and oxygen atoms in total. The van der Waals surface area contributed by atoms with Crippen molar-refractivity contribution in [1.29, 1.82) is 0 Å². The fraction of sp³-hybridized carbons (Fsp3) is 0.286. The number of halogens is 2. The number of hydrogen-bond donors (Lipinski definition) is 0. The number of aryl methyl sites for hydroxylation is 1. The van der Waals surface area contributed by atoms with Crippen LogP contribution in [0.4, 0.5) is 4.39 Å². The Hall–Kier alpha value is -1.48. The largest absolute Gasteiger partial charge is 0.233 e. The van der Waals surface area contributed by atoms with E-state index in [0.29, 0.717) is 16.9 Å². The second kappa shape index (κ2) is 4.32. The van der Waals surface area contributed by atoms with Crippen LogP contribution in [0.2, 0.25) is 5.15 Å². The van der Waals surface area contributed by atoms with Crippen molar-refractivity contribution >= 4 is 11.6 Å². The summed E-state index contributed by atoms with van der Waals surface area (Å²) in [6.07, 6.45) is 2.32. The monoisotopic (exact) mass is 262 g/mol. The highest BCUT2D eigenvalue weighted by atomic mass is 35.5. The van der Waals surface area contributed by atoms with Crippen molar-refractivity contribution in [2.45, 2.75) is 25.7 Å². The summed E-state index contributed by atoms with van der Waals surface area (Å²) in [5, 5.41) is 0.450. The van der Waals surface area contributed by atoms with Crippen molar-refractivity contribution in [1.82, 2.24) is 9.97 Å². The van der Waals surface area contributed by atoms with Crippen molar-refractivity contribution in [2.24, 2.45) is 0 Å². The first-order chi connectivity index (χ1) is 8.63. The van der Waals surface area contributed by atoms with Crippen LogP contribution < -0.4 is 0 Å². The molecule has 0 amide bonds. The zero-order valence-corrected chi connectivity index (χ0v) is 10.7. The Morgan fingerprint density at radius 2 is 2.00 bits per heavy atom. The molecule has 1 aliphatic rings. The van der Waals surface area contributed by atoms with Gasteiger partial charge in [0.1, 0.15) is 11.0 Å². The Morgan fingerprint density at radius 1 is 1.22 bits per heavy atom. The van der Waals surface area contributed by atoms with Gasteiger partial charge in [-0.1, -0.05) is 11.6 Å². The fourth-order valence-corrected chi connectivity index (χ4v) is 2.21. The van der Waals surface area contributed by atoms with Gasteiger partial charge in [0.25, 0.3) is 0 Å². The Kier molecular flexibility index (Phi) is 2.78. The third kappa shape index (κ3) is 2.23. The molecule has 0 unspecified atom stereocenters. The Bertz CT molecular complexity index is 609. The molecule has 4 heteroatoms. The van der Waals surface area contributed by atoms with E-state index in [9.17, 15) is 4.39 Å². The lowest BCUT2D eigenvalue weighted by molar-refractivity contribution is 0.627. The second-order valence-corrected chi connectivity index (χ2v) is 5.06. The van der Waals surface area contributed by atoms with Gasteiger partial charge in [-0.25, -0.2) is 14.4 Å². The van der Waals surface area contributed by atoms with E-state index >= 15 is 0 Å². The van der Waals surface area contributed by atoms with Crippen molar-refractivity contribution < 1.29 is 4.39 Å². The lowest BCUT2D eigenvalue weighted by Gasteiger charge is -2.07. The SMILES string of the molecule is Cc1cc(F)ccc1-c1nc(Cl)cc(C2CC2)n1. The van der Waals surface area contributed by atoms with Gasteiger partial charge in [-0.2, -0.15) is 0 Å². The topological polar surface area (TPSA) is 25.8 Å². The van der Waals surface area contributed by atoms with Crippen LogP contribution in [0.25, 0.3) is 11.4 Å². The number of benzene rings is 1. The average molecular weight is 263 g/mol. The van der Waals surface area contributed by atoms with Crippen molar-refractivity contribution in [2.75, 3.05) is 0 Å².